The summed E-state index contributed by atoms with van der Waals surface area (Å²) in [5.41, 5.74) is 0. The Morgan fingerprint density at radius 1 is 0.333 bits per heavy atom. The molecule has 81 heavy (non-hydrogen) atoms. The Morgan fingerprint density at radius 2 is 0.580 bits per heavy atom. The van der Waals surface area contributed by atoms with Crippen LogP contribution in [0.2, 0.25) is 0 Å². The molecule has 2 atom stereocenters. The first-order valence-electron chi connectivity index (χ1n) is 36.8. The molecule has 0 bridgehead atoms. The quantitative estimate of drug-likeness (QED) is 0.0320. The molecule has 478 valence electrons. The lowest BCUT2D eigenvalue weighted by atomic mass is 10.0. The average molecular weight is 1140 g/mol. The summed E-state index contributed by atoms with van der Waals surface area (Å²) >= 11 is 0. The van der Waals surface area contributed by atoms with Crippen molar-refractivity contribution in [3.05, 3.63) is 36.5 Å². The number of amides is 1. The number of hydrogen-bond acceptors (Lipinski definition) is 5. The molecule has 0 rings (SSSR count). The SMILES string of the molecule is CCCCCCCCC/C=C\CCCCCCCCCC(=O)OCCCCCCCCCCCC/C=C\CCCCCCCCCC(=O)NC(CO)C(O)/C=C/CCCCCCCCCCCCCCCCCCCCCCCCC. The third-order valence-electron chi connectivity index (χ3n) is 17.1. The zero-order valence-corrected chi connectivity index (χ0v) is 54.8. The first kappa shape index (κ1) is 79.1. The number of aliphatic hydroxyl groups excluding tert-OH is 2. The Bertz CT molecular complexity index is 1310. The zero-order chi connectivity index (χ0) is 58.5. The van der Waals surface area contributed by atoms with Crippen LogP contribution in [-0.4, -0.2) is 47.4 Å². The maximum atomic E-state index is 12.5. The van der Waals surface area contributed by atoms with Crippen molar-refractivity contribution in [3.63, 3.8) is 0 Å². The van der Waals surface area contributed by atoms with E-state index in [2.05, 4.69) is 43.5 Å². The third kappa shape index (κ3) is 67.1. The van der Waals surface area contributed by atoms with Gasteiger partial charge in [0.15, 0.2) is 0 Å². The van der Waals surface area contributed by atoms with Crippen LogP contribution in [0.3, 0.4) is 0 Å². The fourth-order valence-corrected chi connectivity index (χ4v) is 11.5. The smallest absolute Gasteiger partial charge is 0.305 e. The summed E-state index contributed by atoms with van der Waals surface area (Å²) in [4.78, 5) is 24.6. The van der Waals surface area contributed by atoms with Gasteiger partial charge in [-0.1, -0.05) is 346 Å². The summed E-state index contributed by atoms with van der Waals surface area (Å²) in [6.07, 6.45) is 90.8. The topological polar surface area (TPSA) is 95.9 Å². The van der Waals surface area contributed by atoms with Crippen LogP contribution in [0.4, 0.5) is 0 Å². The first-order valence-corrected chi connectivity index (χ1v) is 36.8. The molecule has 0 heterocycles. The highest BCUT2D eigenvalue weighted by molar-refractivity contribution is 5.76. The molecular formula is C75H143NO5. The van der Waals surface area contributed by atoms with E-state index < -0.39 is 12.1 Å². The van der Waals surface area contributed by atoms with E-state index in [9.17, 15) is 19.8 Å². The minimum atomic E-state index is -0.852. The van der Waals surface area contributed by atoms with Crippen LogP contribution >= 0.6 is 0 Å². The Morgan fingerprint density at radius 3 is 0.877 bits per heavy atom. The summed E-state index contributed by atoms with van der Waals surface area (Å²) in [7, 11) is 0. The van der Waals surface area contributed by atoms with Crippen molar-refractivity contribution in [1.82, 2.24) is 5.32 Å². The molecule has 3 N–H and O–H groups in total. The number of unbranched alkanes of at least 4 members (excludes halogenated alkanes) is 54. The number of carbonyl (C=O) groups excluding carboxylic acids is 2. The largest absolute Gasteiger partial charge is 0.466 e. The number of carbonyl (C=O) groups is 2. The van der Waals surface area contributed by atoms with Gasteiger partial charge in [0.1, 0.15) is 0 Å². The molecule has 6 nitrogen and oxygen atoms in total. The van der Waals surface area contributed by atoms with Gasteiger partial charge >= 0.3 is 5.97 Å². The Kier molecular flexibility index (Phi) is 68.9. The Labute approximate surface area is 506 Å². The molecule has 0 fully saturated rings. The lowest BCUT2D eigenvalue weighted by molar-refractivity contribution is -0.143. The Balaban J connectivity index is 3.44. The lowest BCUT2D eigenvalue weighted by Gasteiger charge is -2.20. The van der Waals surface area contributed by atoms with Gasteiger partial charge in [-0.2, -0.15) is 0 Å². The minimum Gasteiger partial charge on any atom is -0.466 e. The number of rotatable bonds is 69. The van der Waals surface area contributed by atoms with E-state index in [4.69, 9.17) is 4.74 Å². The second-order valence-corrected chi connectivity index (χ2v) is 25.3. The molecule has 0 aliphatic heterocycles. The van der Waals surface area contributed by atoms with Crippen molar-refractivity contribution in [2.45, 2.75) is 418 Å². The molecule has 0 saturated carbocycles. The van der Waals surface area contributed by atoms with E-state index in [0.717, 1.165) is 51.4 Å². The molecule has 0 aliphatic rings. The standard InChI is InChI=1S/C75H143NO5/c1-3-5-7-9-11-13-15-17-19-21-23-24-25-26-27-29-32-35-39-43-47-51-55-59-63-67-73(78)72(71-77)76-74(79)68-64-60-56-52-48-44-40-36-33-30-28-31-34-38-42-46-50-54-58-62-66-70-81-75(80)69-65-61-57-53-49-45-41-37-22-20-18-16-14-12-10-8-6-4-2/h20,22,30,33,63,67,72-73,77-78H,3-19,21,23-29,31-32,34-62,64-66,68-71H2,1-2H3,(H,76,79)/b22-20-,33-30-,67-63+. The van der Waals surface area contributed by atoms with Gasteiger partial charge in [-0.15, -0.1) is 0 Å². The highest BCUT2D eigenvalue weighted by Crippen LogP contribution is 2.19. The summed E-state index contributed by atoms with van der Waals surface area (Å²) < 4.78 is 5.50. The normalized spacial score (nSPS) is 12.7. The molecule has 6 heteroatoms. The van der Waals surface area contributed by atoms with Crippen LogP contribution in [0, 0.1) is 0 Å². The maximum absolute atomic E-state index is 12.5. The highest BCUT2D eigenvalue weighted by Gasteiger charge is 2.18. The van der Waals surface area contributed by atoms with Gasteiger partial charge in [0.2, 0.25) is 5.91 Å². The number of allylic oxidation sites excluding steroid dienone is 5. The average Bonchev–Trinajstić information content (AvgIpc) is 3.47. The van der Waals surface area contributed by atoms with Crippen molar-refractivity contribution in [2.24, 2.45) is 0 Å². The van der Waals surface area contributed by atoms with Gasteiger partial charge in [0.05, 0.1) is 25.4 Å². The van der Waals surface area contributed by atoms with Crippen LogP contribution in [0.5, 0.6) is 0 Å². The number of esters is 1. The van der Waals surface area contributed by atoms with E-state index in [1.54, 1.807) is 6.08 Å². The molecule has 0 spiro atoms. The van der Waals surface area contributed by atoms with Crippen LogP contribution in [-0.2, 0) is 14.3 Å². The fourth-order valence-electron chi connectivity index (χ4n) is 11.5. The molecular weight excluding hydrogens is 995 g/mol. The highest BCUT2D eigenvalue weighted by atomic mass is 16.5. The van der Waals surface area contributed by atoms with E-state index in [1.165, 1.54) is 327 Å². The summed E-state index contributed by atoms with van der Waals surface area (Å²) in [6, 6.07) is -0.636. The van der Waals surface area contributed by atoms with E-state index >= 15 is 0 Å². The second kappa shape index (κ2) is 70.6. The minimum absolute atomic E-state index is 0.00551. The summed E-state index contributed by atoms with van der Waals surface area (Å²) in [6.45, 7) is 4.93. The third-order valence-corrected chi connectivity index (χ3v) is 17.1. The zero-order valence-electron chi connectivity index (χ0n) is 54.8. The molecule has 0 aromatic heterocycles. The van der Waals surface area contributed by atoms with Gasteiger partial charge in [-0.25, -0.2) is 0 Å². The lowest BCUT2D eigenvalue weighted by Crippen LogP contribution is -2.45. The Hall–Kier alpha value is -1.92. The second-order valence-electron chi connectivity index (χ2n) is 25.3. The predicted octanol–water partition coefficient (Wildman–Crippen LogP) is 23.9. The van der Waals surface area contributed by atoms with Crippen molar-refractivity contribution in [3.8, 4) is 0 Å². The van der Waals surface area contributed by atoms with Crippen molar-refractivity contribution in [1.29, 1.82) is 0 Å². The predicted molar refractivity (Wildman–Crippen MR) is 356 cm³/mol. The van der Waals surface area contributed by atoms with E-state index in [-0.39, 0.29) is 18.5 Å². The van der Waals surface area contributed by atoms with Crippen molar-refractivity contribution >= 4 is 11.9 Å². The van der Waals surface area contributed by atoms with Crippen molar-refractivity contribution < 1.29 is 24.5 Å². The molecule has 0 aromatic rings. The van der Waals surface area contributed by atoms with Crippen LogP contribution < -0.4 is 5.32 Å². The number of nitrogens with one attached hydrogen (secondary N) is 1. The number of ether oxygens (including phenoxy) is 1. The van der Waals surface area contributed by atoms with Gasteiger partial charge in [0, 0.05) is 12.8 Å². The number of aliphatic hydroxyl groups is 2. The molecule has 0 aromatic carbocycles. The van der Waals surface area contributed by atoms with Crippen molar-refractivity contribution in [2.75, 3.05) is 13.2 Å². The fraction of sp³-hybridized carbons (Fsp3) is 0.893. The van der Waals surface area contributed by atoms with Gasteiger partial charge in [-0.3, -0.25) is 9.59 Å². The van der Waals surface area contributed by atoms with Gasteiger partial charge < -0.3 is 20.3 Å². The molecule has 2 unspecified atom stereocenters. The molecule has 1 amide bonds. The first-order chi connectivity index (χ1) is 40.0. The van der Waals surface area contributed by atoms with E-state index in [1.807, 2.05) is 6.08 Å². The number of hydrogen-bond donors (Lipinski definition) is 3. The van der Waals surface area contributed by atoms with E-state index in [0.29, 0.717) is 19.4 Å². The van der Waals surface area contributed by atoms with Gasteiger partial charge in [-0.05, 0) is 83.5 Å². The monoisotopic (exact) mass is 1140 g/mol. The van der Waals surface area contributed by atoms with Gasteiger partial charge in [0.25, 0.3) is 0 Å². The van der Waals surface area contributed by atoms with Crippen LogP contribution in [0.15, 0.2) is 36.5 Å². The van der Waals surface area contributed by atoms with Crippen LogP contribution in [0.25, 0.3) is 0 Å². The summed E-state index contributed by atoms with van der Waals surface area (Å²) in [5.74, 6) is -0.0661. The maximum Gasteiger partial charge on any atom is 0.305 e. The summed E-state index contributed by atoms with van der Waals surface area (Å²) in [5, 5.41) is 23.3. The molecule has 0 saturated heterocycles. The molecule has 0 radical (unpaired) electrons. The van der Waals surface area contributed by atoms with Crippen LogP contribution in [0.1, 0.15) is 406 Å². The molecule has 0 aliphatic carbocycles.